The van der Waals surface area contributed by atoms with Crippen molar-refractivity contribution in [3.05, 3.63) is 34.7 Å². The fourth-order valence-electron chi connectivity index (χ4n) is 1.15. The summed E-state index contributed by atoms with van der Waals surface area (Å²) in [6, 6.07) is 3.20. The van der Waals surface area contributed by atoms with Gasteiger partial charge in [0.1, 0.15) is 0 Å². The maximum Gasteiger partial charge on any atom is 0.181 e. The third kappa shape index (κ3) is 3.35. The lowest BCUT2D eigenvalue weighted by atomic mass is 10.1. The first-order valence-electron chi connectivity index (χ1n) is 4.48. The van der Waals surface area contributed by atoms with E-state index in [2.05, 4.69) is 27.4 Å². The number of alkyl halides is 1. The topological polar surface area (TPSA) is 22.0 Å². The highest BCUT2D eigenvalue weighted by Crippen LogP contribution is 2.08. The molecule has 1 atom stereocenters. The third-order valence-corrected chi connectivity index (χ3v) is 3.04. The molecule has 1 aromatic heterocycles. The molecule has 0 N–H and O–H groups in total. The van der Waals surface area contributed by atoms with Crippen LogP contribution in [-0.2, 0) is 6.54 Å². The average molecular weight is 244 g/mol. The van der Waals surface area contributed by atoms with E-state index in [0.29, 0.717) is 5.92 Å². The maximum atomic E-state index is 10.8. The molecule has 1 rings (SSSR count). The van der Waals surface area contributed by atoms with Gasteiger partial charge in [0.05, 0.1) is 0 Å². The molecule has 0 fully saturated rings. The number of hydrogen-bond acceptors (Lipinski definition) is 1. The van der Waals surface area contributed by atoms with Gasteiger partial charge in [-0.15, -0.1) is 0 Å². The van der Waals surface area contributed by atoms with E-state index >= 15 is 0 Å². The first-order valence-corrected chi connectivity index (χ1v) is 5.60. The average Bonchev–Trinajstić information content (AvgIpc) is 2.17. The van der Waals surface area contributed by atoms with E-state index in [1.807, 2.05) is 12.4 Å². The molecule has 0 saturated heterocycles. The van der Waals surface area contributed by atoms with Crippen LogP contribution >= 0.6 is 15.9 Å². The van der Waals surface area contributed by atoms with E-state index in [9.17, 15) is 4.79 Å². The van der Waals surface area contributed by atoms with Gasteiger partial charge in [-0.1, -0.05) is 29.3 Å². The number of nitrogens with zero attached hydrogens (tertiary/aromatic N) is 1. The number of halogens is 1. The molecule has 0 aliphatic heterocycles. The zero-order chi connectivity index (χ0) is 9.68. The van der Waals surface area contributed by atoms with Crippen LogP contribution in [0.5, 0.6) is 0 Å². The molecule has 2 nitrogen and oxygen atoms in total. The van der Waals surface area contributed by atoms with E-state index in [4.69, 9.17) is 0 Å². The van der Waals surface area contributed by atoms with Gasteiger partial charge in [0.15, 0.2) is 5.43 Å². The summed E-state index contributed by atoms with van der Waals surface area (Å²) in [6.07, 6.45) is 4.83. The van der Waals surface area contributed by atoms with E-state index in [1.165, 1.54) is 0 Å². The van der Waals surface area contributed by atoms with Gasteiger partial charge in [-0.3, -0.25) is 4.79 Å². The van der Waals surface area contributed by atoms with E-state index in [1.54, 1.807) is 12.1 Å². The van der Waals surface area contributed by atoms with Crippen molar-refractivity contribution in [2.45, 2.75) is 19.9 Å². The van der Waals surface area contributed by atoms with Gasteiger partial charge < -0.3 is 4.57 Å². The summed E-state index contributed by atoms with van der Waals surface area (Å²) < 4.78 is 2.05. The second-order valence-corrected chi connectivity index (χ2v) is 3.81. The fraction of sp³-hybridized carbons (Fsp3) is 0.500. The van der Waals surface area contributed by atoms with Crippen molar-refractivity contribution in [3.8, 4) is 0 Å². The van der Waals surface area contributed by atoms with Gasteiger partial charge in [0, 0.05) is 36.4 Å². The van der Waals surface area contributed by atoms with Crippen molar-refractivity contribution >= 4 is 15.9 Å². The SMILES string of the molecule is CCC(CBr)Cn1ccc(=O)cc1. The summed E-state index contributed by atoms with van der Waals surface area (Å²) in [7, 11) is 0. The van der Waals surface area contributed by atoms with Crippen LogP contribution in [0.15, 0.2) is 29.3 Å². The van der Waals surface area contributed by atoms with Crippen molar-refractivity contribution < 1.29 is 0 Å². The lowest BCUT2D eigenvalue weighted by Gasteiger charge is -2.13. The Balaban J connectivity index is 2.63. The van der Waals surface area contributed by atoms with Crippen LogP contribution in [0.25, 0.3) is 0 Å². The molecule has 1 heterocycles. The molecule has 3 heteroatoms. The van der Waals surface area contributed by atoms with E-state index in [-0.39, 0.29) is 5.43 Å². The number of pyridine rings is 1. The molecule has 1 aromatic rings. The van der Waals surface area contributed by atoms with Gasteiger partial charge in [-0.25, -0.2) is 0 Å². The normalized spacial score (nSPS) is 12.8. The second-order valence-electron chi connectivity index (χ2n) is 3.16. The molecule has 0 aliphatic carbocycles. The van der Waals surface area contributed by atoms with Crippen molar-refractivity contribution in [1.29, 1.82) is 0 Å². The van der Waals surface area contributed by atoms with Crippen molar-refractivity contribution in [2.24, 2.45) is 5.92 Å². The van der Waals surface area contributed by atoms with Gasteiger partial charge >= 0.3 is 0 Å². The predicted octanol–water partition coefficient (Wildman–Crippen LogP) is 2.27. The highest BCUT2D eigenvalue weighted by molar-refractivity contribution is 9.09. The van der Waals surface area contributed by atoms with Crippen LogP contribution in [0, 0.1) is 5.92 Å². The summed E-state index contributed by atoms with van der Waals surface area (Å²) >= 11 is 3.47. The molecule has 0 amide bonds. The zero-order valence-corrected chi connectivity index (χ0v) is 9.33. The van der Waals surface area contributed by atoms with Crippen molar-refractivity contribution in [1.82, 2.24) is 4.57 Å². The molecule has 0 radical (unpaired) electrons. The van der Waals surface area contributed by atoms with Crippen LogP contribution in [0.1, 0.15) is 13.3 Å². The Kier molecular flexibility index (Phi) is 4.22. The Morgan fingerprint density at radius 1 is 1.46 bits per heavy atom. The van der Waals surface area contributed by atoms with Crippen LogP contribution in [-0.4, -0.2) is 9.90 Å². The van der Waals surface area contributed by atoms with Crippen LogP contribution in [0.4, 0.5) is 0 Å². The Hall–Kier alpha value is -0.570. The fourth-order valence-corrected chi connectivity index (χ4v) is 1.81. The maximum absolute atomic E-state index is 10.8. The van der Waals surface area contributed by atoms with E-state index < -0.39 is 0 Å². The quantitative estimate of drug-likeness (QED) is 0.744. The summed E-state index contributed by atoms with van der Waals surface area (Å²) in [5.41, 5.74) is 0.0724. The smallest absolute Gasteiger partial charge is 0.181 e. The first-order chi connectivity index (χ1) is 6.26. The Labute approximate surface area is 86.7 Å². The molecule has 0 spiro atoms. The molecule has 0 aliphatic rings. The molecule has 1 unspecified atom stereocenters. The van der Waals surface area contributed by atoms with Crippen LogP contribution < -0.4 is 5.43 Å². The lowest BCUT2D eigenvalue weighted by Crippen LogP contribution is -2.12. The summed E-state index contributed by atoms with van der Waals surface area (Å²) in [5.74, 6) is 0.641. The molecular formula is C10H14BrNO. The molecular weight excluding hydrogens is 230 g/mol. The molecule has 0 aromatic carbocycles. The van der Waals surface area contributed by atoms with E-state index in [0.717, 1.165) is 18.3 Å². The summed E-state index contributed by atoms with van der Waals surface area (Å²) in [5, 5.41) is 1.01. The van der Waals surface area contributed by atoms with Crippen molar-refractivity contribution in [3.63, 3.8) is 0 Å². The summed E-state index contributed by atoms with van der Waals surface area (Å²) in [6.45, 7) is 3.15. The third-order valence-electron chi connectivity index (χ3n) is 2.13. The minimum atomic E-state index is 0.0724. The molecule has 72 valence electrons. The number of rotatable bonds is 4. The largest absolute Gasteiger partial charge is 0.354 e. The Morgan fingerprint density at radius 3 is 2.54 bits per heavy atom. The number of hydrogen-bond donors (Lipinski definition) is 0. The Bertz CT molecular complexity index is 284. The Morgan fingerprint density at radius 2 is 2.08 bits per heavy atom. The van der Waals surface area contributed by atoms with Gasteiger partial charge in [-0.05, 0) is 5.92 Å². The van der Waals surface area contributed by atoms with Gasteiger partial charge in [-0.2, -0.15) is 0 Å². The van der Waals surface area contributed by atoms with Gasteiger partial charge in [0.25, 0.3) is 0 Å². The lowest BCUT2D eigenvalue weighted by molar-refractivity contribution is 0.477. The summed E-state index contributed by atoms with van der Waals surface area (Å²) in [4.78, 5) is 10.8. The highest BCUT2D eigenvalue weighted by Gasteiger charge is 2.03. The minimum absolute atomic E-state index is 0.0724. The molecule has 0 bridgehead atoms. The monoisotopic (exact) mass is 243 g/mol. The second kappa shape index (κ2) is 5.22. The zero-order valence-electron chi connectivity index (χ0n) is 7.74. The standard InChI is InChI=1S/C10H14BrNO/c1-2-9(7-11)8-12-5-3-10(13)4-6-12/h3-6,9H,2,7-8H2,1H3. The van der Waals surface area contributed by atoms with Gasteiger partial charge in [0.2, 0.25) is 0 Å². The molecule has 13 heavy (non-hydrogen) atoms. The molecule has 0 saturated carbocycles. The van der Waals surface area contributed by atoms with Crippen molar-refractivity contribution in [2.75, 3.05) is 5.33 Å². The first kappa shape index (κ1) is 10.5. The minimum Gasteiger partial charge on any atom is -0.354 e. The van der Waals surface area contributed by atoms with Crippen LogP contribution in [0.3, 0.4) is 0 Å². The number of aromatic nitrogens is 1. The predicted molar refractivity (Wildman–Crippen MR) is 58.3 cm³/mol. The highest BCUT2D eigenvalue weighted by atomic mass is 79.9. The van der Waals surface area contributed by atoms with Crippen LogP contribution in [0.2, 0.25) is 0 Å².